The molecule has 0 amide bonds. The molecular formula is C26H40CrN2. The summed E-state index contributed by atoms with van der Waals surface area (Å²) in [5, 5.41) is 0. The second kappa shape index (κ2) is 14.0. The van der Waals surface area contributed by atoms with Gasteiger partial charge in [-0.2, -0.15) is 0 Å². The molecule has 3 heteroatoms. The molecule has 2 nitrogen and oxygen atoms in total. The Morgan fingerprint density at radius 1 is 0.552 bits per heavy atom. The molecule has 0 fully saturated rings. The second-order valence-electron chi connectivity index (χ2n) is 7.87. The zero-order chi connectivity index (χ0) is 20.9. The van der Waals surface area contributed by atoms with Crippen LogP contribution in [0.5, 0.6) is 0 Å². The molecule has 0 aliphatic rings. The van der Waals surface area contributed by atoms with Crippen LogP contribution in [0.25, 0.3) is 0 Å². The number of benzene rings is 2. The normalized spacial score (nSPS) is 11.5. The van der Waals surface area contributed by atoms with E-state index in [0.717, 1.165) is 13.1 Å². The van der Waals surface area contributed by atoms with E-state index in [9.17, 15) is 0 Å². The molecule has 29 heavy (non-hydrogen) atoms. The van der Waals surface area contributed by atoms with Crippen molar-refractivity contribution in [2.24, 2.45) is 0 Å². The van der Waals surface area contributed by atoms with Gasteiger partial charge in [-0.1, -0.05) is 0 Å². The van der Waals surface area contributed by atoms with Crippen molar-refractivity contribution in [2.75, 3.05) is 26.2 Å². The summed E-state index contributed by atoms with van der Waals surface area (Å²) in [6.07, 6.45) is 4.89. The Bertz CT molecular complexity index is 629. The molecule has 0 N–H and O–H groups in total. The van der Waals surface area contributed by atoms with E-state index in [1.54, 1.807) is 8.85 Å². The van der Waals surface area contributed by atoms with E-state index in [1.807, 2.05) is 0 Å². The fourth-order valence-corrected chi connectivity index (χ4v) is 5.52. The van der Waals surface area contributed by atoms with Crippen LogP contribution in [0.3, 0.4) is 0 Å². The van der Waals surface area contributed by atoms with Crippen molar-refractivity contribution in [2.45, 2.75) is 66.5 Å². The minimum absolute atomic E-state index is 0.349. The van der Waals surface area contributed by atoms with Crippen LogP contribution >= 0.6 is 0 Å². The maximum absolute atomic E-state index is 2.62. The second-order valence-corrected chi connectivity index (χ2v) is 9.56. The van der Waals surface area contributed by atoms with Crippen LogP contribution in [0.15, 0.2) is 48.5 Å². The summed E-state index contributed by atoms with van der Waals surface area (Å²) in [4.78, 5) is 5.23. The van der Waals surface area contributed by atoms with Gasteiger partial charge in [0.2, 0.25) is 0 Å². The zero-order valence-corrected chi connectivity index (χ0v) is 20.3. The third-order valence-corrected chi connectivity index (χ3v) is 7.04. The SMILES string of the molecule is CCCN(CCC)Cc1cccc[c]1[Cr][c]1ccccc1CN(CCC)CCC. The molecule has 2 aromatic rings. The molecule has 0 spiro atoms. The van der Waals surface area contributed by atoms with Crippen molar-refractivity contribution in [3.05, 3.63) is 59.7 Å². The third kappa shape index (κ3) is 8.27. The van der Waals surface area contributed by atoms with E-state index in [1.165, 1.54) is 63.0 Å². The molecule has 0 unspecified atom stereocenters. The van der Waals surface area contributed by atoms with Gasteiger partial charge in [0.05, 0.1) is 0 Å². The Morgan fingerprint density at radius 3 is 1.24 bits per heavy atom. The minimum atomic E-state index is 0.349. The van der Waals surface area contributed by atoms with Gasteiger partial charge in [0.1, 0.15) is 0 Å². The van der Waals surface area contributed by atoms with Gasteiger partial charge in [-0.05, 0) is 0 Å². The summed E-state index contributed by atoms with van der Waals surface area (Å²) in [6, 6.07) is 18.3. The standard InChI is InChI=1S/2C13H20N.Cr/c2*1-3-10-14(11-4-2)12-13-8-6-5-7-9-13;/h2*5-8H,3-4,10-12H2,1-2H3;. The first-order valence-electron chi connectivity index (χ1n) is 11.5. The topological polar surface area (TPSA) is 6.48 Å². The number of hydrogen-bond acceptors (Lipinski definition) is 2. The Morgan fingerprint density at radius 2 is 0.897 bits per heavy atom. The predicted molar refractivity (Wildman–Crippen MR) is 124 cm³/mol. The molecule has 0 saturated heterocycles. The molecule has 160 valence electrons. The van der Waals surface area contributed by atoms with Crippen molar-refractivity contribution in [3.8, 4) is 0 Å². The van der Waals surface area contributed by atoms with Gasteiger partial charge in [-0.3, -0.25) is 0 Å². The fraction of sp³-hybridized carbons (Fsp3) is 0.538. The van der Waals surface area contributed by atoms with Crippen LogP contribution in [-0.4, -0.2) is 36.0 Å². The van der Waals surface area contributed by atoms with Crippen LogP contribution in [-0.2, 0) is 28.3 Å². The van der Waals surface area contributed by atoms with E-state index in [0.29, 0.717) is 15.2 Å². The Kier molecular flexibility index (Phi) is 11.7. The van der Waals surface area contributed by atoms with Crippen LogP contribution in [0.1, 0.15) is 64.5 Å². The molecule has 0 atom stereocenters. The van der Waals surface area contributed by atoms with Crippen molar-refractivity contribution < 1.29 is 15.2 Å². The zero-order valence-electron chi connectivity index (χ0n) is 19.0. The first-order chi connectivity index (χ1) is 14.2. The number of nitrogens with zero attached hydrogens (tertiary/aromatic N) is 2. The van der Waals surface area contributed by atoms with Gasteiger partial charge in [-0.15, -0.1) is 0 Å². The van der Waals surface area contributed by atoms with Crippen LogP contribution < -0.4 is 8.85 Å². The third-order valence-electron chi connectivity index (χ3n) is 5.11. The molecular weight excluding hydrogens is 392 g/mol. The van der Waals surface area contributed by atoms with E-state index in [-0.39, 0.29) is 0 Å². The summed E-state index contributed by atoms with van der Waals surface area (Å²) in [7, 11) is 0. The van der Waals surface area contributed by atoms with Crippen LogP contribution in [0, 0.1) is 0 Å². The molecule has 0 aliphatic heterocycles. The monoisotopic (exact) mass is 432 g/mol. The van der Waals surface area contributed by atoms with Crippen molar-refractivity contribution in [1.82, 2.24) is 9.80 Å². The van der Waals surface area contributed by atoms with E-state index in [2.05, 4.69) is 86.0 Å². The Labute approximate surface area is 186 Å². The van der Waals surface area contributed by atoms with Gasteiger partial charge in [0.25, 0.3) is 0 Å². The van der Waals surface area contributed by atoms with Gasteiger partial charge in [0.15, 0.2) is 0 Å². The van der Waals surface area contributed by atoms with Crippen LogP contribution in [0.2, 0.25) is 0 Å². The molecule has 0 saturated carbocycles. The van der Waals surface area contributed by atoms with Crippen molar-refractivity contribution in [1.29, 1.82) is 0 Å². The van der Waals surface area contributed by atoms with Gasteiger partial charge < -0.3 is 0 Å². The molecule has 0 bridgehead atoms. The maximum atomic E-state index is 2.62. The summed E-state index contributed by atoms with van der Waals surface area (Å²) in [6.45, 7) is 16.1. The summed E-state index contributed by atoms with van der Waals surface area (Å²) < 4.78 is 3.09. The van der Waals surface area contributed by atoms with Crippen molar-refractivity contribution in [3.63, 3.8) is 0 Å². The molecule has 0 aromatic heterocycles. The van der Waals surface area contributed by atoms with Gasteiger partial charge >= 0.3 is 186 Å². The summed E-state index contributed by atoms with van der Waals surface area (Å²) >= 11 is 0.349. The fourth-order valence-electron chi connectivity index (χ4n) is 3.87. The molecule has 0 aliphatic carbocycles. The number of hydrogen-bond donors (Lipinski definition) is 0. The quantitative estimate of drug-likeness (QED) is 0.416. The summed E-state index contributed by atoms with van der Waals surface area (Å²) in [5.41, 5.74) is 3.03. The van der Waals surface area contributed by atoms with Gasteiger partial charge in [0, 0.05) is 0 Å². The first kappa shape index (κ1) is 24.2. The van der Waals surface area contributed by atoms with E-state index < -0.39 is 0 Å². The Balaban J connectivity index is 2.20. The van der Waals surface area contributed by atoms with E-state index >= 15 is 0 Å². The average molecular weight is 433 g/mol. The molecule has 2 aromatic carbocycles. The predicted octanol–water partition coefficient (Wildman–Crippen LogP) is 4.96. The molecule has 2 rings (SSSR count). The first-order valence-corrected chi connectivity index (χ1v) is 12.8. The van der Waals surface area contributed by atoms with E-state index in [4.69, 9.17) is 0 Å². The average Bonchev–Trinajstić information content (AvgIpc) is 2.71. The Hall–Kier alpha value is -1.11. The number of rotatable bonds is 14. The summed E-state index contributed by atoms with van der Waals surface area (Å²) in [5.74, 6) is 0. The molecule has 0 heterocycles. The van der Waals surface area contributed by atoms with Gasteiger partial charge in [-0.25, -0.2) is 0 Å². The molecule has 0 radical (unpaired) electrons. The van der Waals surface area contributed by atoms with Crippen molar-refractivity contribution >= 4 is 8.85 Å². The van der Waals surface area contributed by atoms with Crippen LogP contribution in [0.4, 0.5) is 0 Å².